The number of aromatic nitrogens is 1. The summed E-state index contributed by atoms with van der Waals surface area (Å²) in [7, 11) is -4.02. The van der Waals surface area contributed by atoms with Crippen LogP contribution in [-0.4, -0.2) is 31.0 Å². The number of hydrogen-bond acceptors (Lipinski definition) is 5. The molecule has 1 aromatic carbocycles. The minimum absolute atomic E-state index is 0.00146. The highest BCUT2D eigenvalue weighted by Crippen LogP contribution is 2.38. The predicted molar refractivity (Wildman–Crippen MR) is 83.1 cm³/mol. The molecule has 2 aromatic rings. The molecule has 142 valence electrons. The fourth-order valence-electron chi connectivity index (χ4n) is 2.80. The molecule has 0 saturated carbocycles. The third-order valence-electron chi connectivity index (χ3n) is 4.32. The van der Waals surface area contributed by atoms with Gasteiger partial charge in [-0.1, -0.05) is 5.16 Å². The molecule has 1 aromatic heterocycles. The van der Waals surface area contributed by atoms with Gasteiger partial charge in [-0.3, -0.25) is 0 Å². The van der Waals surface area contributed by atoms with Crippen molar-refractivity contribution in [2.75, 3.05) is 18.8 Å². The van der Waals surface area contributed by atoms with E-state index in [1.54, 1.807) is 0 Å². The van der Waals surface area contributed by atoms with E-state index in [1.807, 2.05) is 0 Å². The topological polar surface area (TPSA) is 89.4 Å². The Kier molecular flexibility index (Phi) is 4.47. The van der Waals surface area contributed by atoms with Crippen molar-refractivity contribution in [1.82, 2.24) is 9.46 Å². The van der Waals surface area contributed by atoms with Crippen molar-refractivity contribution in [2.45, 2.75) is 29.6 Å². The number of piperidine rings is 1. The average Bonchev–Trinajstić information content (AvgIpc) is 3.02. The number of hydrogen-bond donors (Lipinski definition) is 1. The zero-order valence-electron chi connectivity index (χ0n) is 13.3. The Bertz CT molecular complexity index is 886. The van der Waals surface area contributed by atoms with Crippen LogP contribution in [0.4, 0.5) is 23.4 Å². The monoisotopic (exact) mass is 393 g/mol. The number of nitrogens with two attached hydrogens (primary N) is 1. The second-order valence-corrected chi connectivity index (χ2v) is 7.94. The fraction of sp³-hybridized carbons (Fsp3) is 0.400. The Balaban J connectivity index is 1.76. The molecule has 2 heterocycles. The highest BCUT2D eigenvalue weighted by Gasteiger charge is 2.42. The molecule has 11 heteroatoms. The van der Waals surface area contributed by atoms with Crippen LogP contribution in [-0.2, 0) is 21.9 Å². The van der Waals surface area contributed by atoms with Crippen LogP contribution in [0.2, 0.25) is 0 Å². The van der Waals surface area contributed by atoms with E-state index < -0.39 is 27.4 Å². The van der Waals surface area contributed by atoms with Gasteiger partial charge in [0.1, 0.15) is 5.69 Å². The summed E-state index contributed by atoms with van der Waals surface area (Å²) in [5.41, 5.74) is 2.57. The maximum atomic E-state index is 14.9. The summed E-state index contributed by atoms with van der Waals surface area (Å²) in [6.45, 7) is -0.292. The Morgan fingerprint density at radius 2 is 1.73 bits per heavy atom. The maximum Gasteiger partial charge on any atom is 0.416 e. The van der Waals surface area contributed by atoms with E-state index in [1.165, 1.54) is 6.07 Å². The minimum atomic E-state index is -4.55. The van der Waals surface area contributed by atoms with Gasteiger partial charge < -0.3 is 10.3 Å². The molecule has 1 saturated heterocycles. The van der Waals surface area contributed by atoms with E-state index in [0.717, 1.165) is 16.4 Å². The number of sulfonamides is 1. The Hall–Kier alpha value is -2.14. The molecule has 0 bridgehead atoms. The van der Waals surface area contributed by atoms with E-state index in [2.05, 4.69) is 9.68 Å². The van der Waals surface area contributed by atoms with Crippen molar-refractivity contribution in [3.8, 4) is 0 Å². The molecule has 0 spiro atoms. The van der Waals surface area contributed by atoms with Gasteiger partial charge in [-0.05, 0) is 24.3 Å². The van der Waals surface area contributed by atoms with Gasteiger partial charge in [-0.15, -0.1) is 0 Å². The van der Waals surface area contributed by atoms with Crippen molar-refractivity contribution in [3.63, 3.8) is 0 Å². The molecule has 2 N–H and O–H groups in total. The first-order valence-corrected chi connectivity index (χ1v) is 9.05. The first kappa shape index (κ1) is 18.6. The molecule has 3 rings (SSSR count). The van der Waals surface area contributed by atoms with E-state index in [9.17, 15) is 26.0 Å². The van der Waals surface area contributed by atoms with Crippen LogP contribution in [0.25, 0.3) is 0 Å². The van der Waals surface area contributed by atoms with Crippen LogP contribution in [0, 0.1) is 0 Å². The second-order valence-electron chi connectivity index (χ2n) is 6.01. The molecular formula is C15H15F4N3O3S. The summed E-state index contributed by atoms with van der Waals surface area (Å²) in [4.78, 5) is -0.275. The minimum Gasteiger partial charge on any atom is -0.368 e. The molecule has 1 aliphatic rings. The molecule has 1 fully saturated rings. The van der Waals surface area contributed by atoms with Crippen molar-refractivity contribution < 1.29 is 30.5 Å². The molecule has 0 aliphatic carbocycles. The summed E-state index contributed by atoms with van der Waals surface area (Å²) in [5, 5.41) is 3.54. The lowest BCUT2D eigenvalue weighted by atomic mass is 9.91. The van der Waals surface area contributed by atoms with Crippen LogP contribution in [0.15, 0.2) is 39.8 Å². The molecule has 0 radical (unpaired) electrons. The lowest BCUT2D eigenvalue weighted by Crippen LogP contribution is -2.43. The smallest absolute Gasteiger partial charge is 0.368 e. The molecule has 1 aliphatic heterocycles. The van der Waals surface area contributed by atoms with Crippen molar-refractivity contribution in [1.29, 1.82) is 0 Å². The largest absolute Gasteiger partial charge is 0.416 e. The fourth-order valence-corrected chi connectivity index (χ4v) is 4.24. The second kappa shape index (κ2) is 6.23. The third-order valence-corrected chi connectivity index (χ3v) is 6.23. The van der Waals surface area contributed by atoms with Crippen LogP contribution in [0.5, 0.6) is 0 Å². The number of alkyl halides is 4. The van der Waals surface area contributed by atoms with E-state index in [-0.39, 0.29) is 42.4 Å². The van der Waals surface area contributed by atoms with Gasteiger partial charge in [-0.2, -0.15) is 17.5 Å². The predicted octanol–water partition coefficient (Wildman–Crippen LogP) is 2.93. The summed E-state index contributed by atoms with van der Waals surface area (Å²) in [6.07, 6.45) is -4.89. The quantitative estimate of drug-likeness (QED) is 0.810. The van der Waals surface area contributed by atoms with Crippen LogP contribution < -0.4 is 5.73 Å². The number of benzene rings is 1. The normalized spacial score (nSPS) is 18.8. The van der Waals surface area contributed by atoms with E-state index in [0.29, 0.717) is 12.1 Å². The molecule has 0 amide bonds. The summed E-state index contributed by atoms with van der Waals surface area (Å²) >= 11 is 0. The van der Waals surface area contributed by atoms with Crippen molar-refractivity contribution in [3.05, 3.63) is 41.6 Å². The third kappa shape index (κ3) is 3.40. The first-order valence-electron chi connectivity index (χ1n) is 7.61. The summed E-state index contributed by atoms with van der Waals surface area (Å²) < 4.78 is 83.6. The molecular weight excluding hydrogens is 378 g/mol. The lowest BCUT2D eigenvalue weighted by Gasteiger charge is -2.34. The van der Waals surface area contributed by atoms with Crippen LogP contribution in [0.1, 0.15) is 24.1 Å². The van der Waals surface area contributed by atoms with E-state index >= 15 is 0 Å². The lowest BCUT2D eigenvalue weighted by molar-refractivity contribution is -0.137. The maximum absolute atomic E-state index is 14.9. The molecule has 0 unspecified atom stereocenters. The molecule has 26 heavy (non-hydrogen) atoms. The summed E-state index contributed by atoms with van der Waals surface area (Å²) in [6, 6.07) is 4.45. The van der Waals surface area contributed by atoms with Gasteiger partial charge in [0.2, 0.25) is 15.9 Å². The zero-order chi connectivity index (χ0) is 19.2. The SMILES string of the molecule is Nc1cc(C2(F)CCN(S(=O)(=O)c3ccc(C(F)(F)F)cc3)CC2)no1. The number of anilines is 1. The van der Waals surface area contributed by atoms with Gasteiger partial charge in [0.15, 0.2) is 5.67 Å². The number of rotatable bonds is 3. The van der Waals surface area contributed by atoms with Gasteiger partial charge in [0, 0.05) is 32.0 Å². The van der Waals surface area contributed by atoms with Crippen LogP contribution in [0.3, 0.4) is 0 Å². The molecule has 0 atom stereocenters. The summed E-state index contributed by atoms with van der Waals surface area (Å²) in [5.74, 6) is -0.0446. The van der Waals surface area contributed by atoms with Gasteiger partial charge in [0.25, 0.3) is 0 Å². The van der Waals surface area contributed by atoms with Gasteiger partial charge >= 0.3 is 6.18 Å². The Morgan fingerprint density at radius 3 is 2.19 bits per heavy atom. The van der Waals surface area contributed by atoms with Crippen LogP contribution >= 0.6 is 0 Å². The average molecular weight is 393 g/mol. The van der Waals surface area contributed by atoms with Gasteiger partial charge in [-0.25, -0.2) is 12.8 Å². The number of nitrogens with zero attached hydrogens (tertiary/aromatic N) is 2. The number of nitrogen functional groups attached to an aromatic ring is 1. The Labute approximate surface area is 146 Å². The van der Waals surface area contributed by atoms with E-state index in [4.69, 9.17) is 5.73 Å². The Morgan fingerprint density at radius 1 is 1.15 bits per heavy atom. The van der Waals surface area contributed by atoms with Crippen molar-refractivity contribution >= 4 is 15.9 Å². The van der Waals surface area contributed by atoms with Gasteiger partial charge in [0.05, 0.1) is 10.5 Å². The standard InChI is InChI=1S/C15H15F4N3O3S/c16-14(12-9-13(20)25-21-12)5-7-22(8-6-14)26(23,24)11-3-1-10(2-4-11)15(17,18)19/h1-4,9H,5-8,20H2. The first-order chi connectivity index (χ1) is 12.0. The zero-order valence-corrected chi connectivity index (χ0v) is 14.1. The number of halogens is 4. The molecule has 6 nitrogen and oxygen atoms in total. The highest BCUT2D eigenvalue weighted by molar-refractivity contribution is 7.89. The van der Waals surface area contributed by atoms with Crippen molar-refractivity contribution in [2.24, 2.45) is 0 Å². The highest BCUT2D eigenvalue weighted by atomic mass is 32.2.